The van der Waals surface area contributed by atoms with Gasteiger partial charge in [-0.05, 0) is 25.0 Å². The lowest BCUT2D eigenvalue weighted by atomic mass is 10.1. The average molecular weight is 276 g/mol. The third-order valence-electron chi connectivity index (χ3n) is 3.68. The Kier molecular flexibility index (Phi) is 3.87. The highest BCUT2D eigenvalue weighted by Gasteiger charge is 2.08. The van der Waals surface area contributed by atoms with Crippen molar-refractivity contribution in [2.45, 2.75) is 20.3 Å². The van der Waals surface area contributed by atoms with Crippen molar-refractivity contribution in [3.05, 3.63) is 60.2 Å². The lowest BCUT2D eigenvalue weighted by Gasteiger charge is -2.13. The number of rotatable bonds is 4. The van der Waals surface area contributed by atoms with Crippen LogP contribution in [0.25, 0.3) is 22.2 Å². The van der Waals surface area contributed by atoms with E-state index in [4.69, 9.17) is 4.98 Å². The zero-order valence-electron chi connectivity index (χ0n) is 12.6. The van der Waals surface area contributed by atoms with Crippen molar-refractivity contribution < 1.29 is 0 Å². The maximum atomic E-state index is 4.87. The minimum atomic E-state index is 0.973. The van der Waals surface area contributed by atoms with Gasteiger partial charge in [0.1, 0.15) is 0 Å². The van der Waals surface area contributed by atoms with E-state index in [1.165, 1.54) is 16.6 Å². The van der Waals surface area contributed by atoms with Crippen molar-refractivity contribution in [2.24, 2.45) is 0 Å². The molecule has 0 radical (unpaired) electrons. The largest absolute Gasteiger partial charge is 0.384 e. The van der Waals surface area contributed by atoms with Gasteiger partial charge in [-0.2, -0.15) is 0 Å². The Balaban J connectivity index is 2.20. The first-order valence-electron chi connectivity index (χ1n) is 7.49. The molecule has 106 valence electrons. The molecule has 0 aliphatic rings. The van der Waals surface area contributed by atoms with Crippen LogP contribution >= 0.6 is 0 Å². The highest BCUT2D eigenvalue weighted by atomic mass is 14.9. The SMILES string of the molecule is CCCNc1cc(-c2ccccc2)nc2c(C)cccc12. The van der Waals surface area contributed by atoms with E-state index in [0.29, 0.717) is 0 Å². The summed E-state index contributed by atoms with van der Waals surface area (Å²) in [6.45, 7) is 5.27. The van der Waals surface area contributed by atoms with E-state index in [0.717, 1.165) is 29.7 Å². The molecule has 3 rings (SSSR count). The van der Waals surface area contributed by atoms with Crippen molar-refractivity contribution in [3.8, 4) is 11.3 Å². The average Bonchev–Trinajstić information content (AvgIpc) is 2.54. The number of anilines is 1. The van der Waals surface area contributed by atoms with E-state index in [1.54, 1.807) is 0 Å². The van der Waals surface area contributed by atoms with Crippen LogP contribution in [0.2, 0.25) is 0 Å². The number of nitrogens with one attached hydrogen (secondary N) is 1. The predicted molar refractivity (Wildman–Crippen MR) is 90.7 cm³/mol. The fourth-order valence-electron chi connectivity index (χ4n) is 2.55. The number of aromatic nitrogens is 1. The molecule has 1 aromatic heterocycles. The second kappa shape index (κ2) is 5.96. The Morgan fingerprint density at radius 2 is 1.81 bits per heavy atom. The molecule has 0 unspecified atom stereocenters. The Morgan fingerprint density at radius 1 is 1.00 bits per heavy atom. The second-order valence-electron chi connectivity index (χ2n) is 5.32. The number of hydrogen-bond acceptors (Lipinski definition) is 2. The molecule has 0 fully saturated rings. The summed E-state index contributed by atoms with van der Waals surface area (Å²) in [6.07, 6.45) is 1.11. The molecule has 1 heterocycles. The molecule has 1 N–H and O–H groups in total. The van der Waals surface area contributed by atoms with E-state index >= 15 is 0 Å². The molecular weight excluding hydrogens is 256 g/mol. The Bertz CT molecular complexity index is 748. The first-order chi connectivity index (χ1) is 10.3. The van der Waals surface area contributed by atoms with E-state index in [-0.39, 0.29) is 0 Å². The summed E-state index contributed by atoms with van der Waals surface area (Å²) < 4.78 is 0. The summed E-state index contributed by atoms with van der Waals surface area (Å²) in [5.41, 5.74) is 5.64. The molecule has 3 aromatic rings. The fourth-order valence-corrected chi connectivity index (χ4v) is 2.55. The molecule has 0 amide bonds. The summed E-state index contributed by atoms with van der Waals surface area (Å²) in [5, 5.41) is 4.73. The number of pyridine rings is 1. The van der Waals surface area contributed by atoms with E-state index in [9.17, 15) is 0 Å². The lowest BCUT2D eigenvalue weighted by Crippen LogP contribution is -2.02. The van der Waals surface area contributed by atoms with Crippen LogP contribution in [0.4, 0.5) is 5.69 Å². The van der Waals surface area contributed by atoms with Crippen molar-refractivity contribution in [1.82, 2.24) is 4.98 Å². The molecule has 0 saturated carbocycles. The summed E-state index contributed by atoms with van der Waals surface area (Å²) in [5.74, 6) is 0. The monoisotopic (exact) mass is 276 g/mol. The Morgan fingerprint density at radius 3 is 2.57 bits per heavy atom. The summed E-state index contributed by atoms with van der Waals surface area (Å²) >= 11 is 0. The summed E-state index contributed by atoms with van der Waals surface area (Å²) in [7, 11) is 0. The van der Waals surface area contributed by atoms with Crippen molar-refractivity contribution in [2.75, 3.05) is 11.9 Å². The normalized spacial score (nSPS) is 10.8. The minimum absolute atomic E-state index is 0.973. The van der Waals surface area contributed by atoms with Crippen molar-refractivity contribution in [3.63, 3.8) is 0 Å². The number of hydrogen-bond donors (Lipinski definition) is 1. The van der Waals surface area contributed by atoms with Crippen molar-refractivity contribution in [1.29, 1.82) is 0 Å². The minimum Gasteiger partial charge on any atom is -0.384 e. The number of aryl methyl sites for hydroxylation is 1. The molecule has 0 spiro atoms. The van der Waals surface area contributed by atoms with Gasteiger partial charge in [-0.15, -0.1) is 0 Å². The first-order valence-corrected chi connectivity index (χ1v) is 7.49. The molecule has 0 atom stereocenters. The predicted octanol–water partition coefficient (Wildman–Crippen LogP) is 5.03. The molecule has 0 aliphatic heterocycles. The molecule has 2 nitrogen and oxygen atoms in total. The van der Waals surface area contributed by atoms with E-state index in [2.05, 4.69) is 67.7 Å². The van der Waals surface area contributed by atoms with Gasteiger partial charge in [0.2, 0.25) is 0 Å². The van der Waals surface area contributed by atoms with Gasteiger partial charge >= 0.3 is 0 Å². The standard InChI is InChI=1S/C19H20N2/c1-3-12-20-18-13-17(15-9-5-4-6-10-15)21-19-14(2)8-7-11-16(18)19/h4-11,13H,3,12H2,1-2H3,(H,20,21). The maximum absolute atomic E-state index is 4.87. The molecule has 0 bridgehead atoms. The number of fused-ring (bicyclic) bond motifs is 1. The molecule has 0 saturated heterocycles. The number of para-hydroxylation sites is 1. The zero-order chi connectivity index (χ0) is 14.7. The zero-order valence-corrected chi connectivity index (χ0v) is 12.6. The molecular formula is C19H20N2. The van der Waals surface area contributed by atoms with Crippen molar-refractivity contribution >= 4 is 16.6 Å². The van der Waals surface area contributed by atoms with E-state index < -0.39 is 0 Å². The van der Waals surface area contributed by atoms with Crippen LogP contribution in [0.3, 0.4) is 0 Å². The summed E-state index contributed by atoms with van der Waals surface area (Å²) in [4.78, 5) is 4.87. The van der Waals surface area contributed by atoms with Crippen LogP contribution in [0.5, 0.6) is 0 Å². The van der Waals surface area contributed by atoms with Gasteiger partial charge in [0.25, 0.3) is 0 Å². The third kappa shape index (κ3) is 2.75. The van der Waals surface area contributed by atoms with Gasteiger partial charge in [-0.3, -0.25) is 0 Å². The smallest absolute Gasteiger partial charge is 0.0759 e. The van der Waals surface area contributed by atoms with Gasteiger partial charge in [0.15, 0.2) is 0 Å². The quantitative estimate of drug-likeness (QED) is 0.722. The molecule has 2 aromatic carbocycles. The van der Waals surface area contributed by atoms with Crippen LogP contribution in [0.1, 0.15) is 18.9 Å². The Hall–Kier alpha value is -2.35. The van der Waals surface area contributed by atoms with Gasteiger partial charge in [-0.1, -0.05) is 55.5 Å². The lowest BCUT2D eigenvalue weighted by molar-refractivity contribution is 0.981. The highest BCUT2D eigenvalue weighted by molar-refractivity contribution is 5.95. The third-order valence-corrected chi connectivity index (χ3v) is 3.68. The maximum Gasteiger partial charge on any atom is 0.0759 e. The first kappa shape index (κ1) is 13.6. The fraction of sp³-hybridized carbons (Fsp3) is 0.211. The van der Waals surface area contributed by atoms with Crippen LogP contribution in [-0.2, 0) is 0 Å². The van der Waals surface area contributed by atoms with Gasteiger partial charge in [0, 0.05) is 23.2 Å². The van der Waals surface area contributed by atoms with Gasteiger partial charge < -0.3 is 5.32 Å². The molecule has 0 aliphatic carbocycles. The Labute approximate surface area is 125 Å². The number of benzene rings is 2. The van der Waals surface area contributed by atoms with Crippen LogP contribution in [-0.4, -0.2) is 11.5 Å². The molecule has 2 heteroatoms. The second-order valence-corrected chi connectivity index (χ2v) is 5.32. The topological polar surface area (TPSA) is 24.9 Å². The van der Waals surface area contributed by atoms with Crippen LogP contribution < -0.4 is 5.32 Å². The highest BCUT2D eigenvalue weighted by Crippen LogP contribution is 2.29. The van der Waals surface area contributed by atoms with E-state index in [1.807, 2.05) is 6.07 Å². The van der Waals surface area contributed by atoms with Crippen LogP contribution in [0, 0.1) is 6.92 Å². The van der Waals surface area contributed by atoms with Gasteiger partial charge in [0.05, 0.1) is 11.2 Å². The summed E-state index contributed by atoms with van der Waals surface area (Å²) in [6, 6.07) is 18.9. The number of nitrogens with zero attached hydrogens (tertiary/aromatic N) is 1. The van der Waals surface area contributed by atoms with Crippen LogP contribution in [0.15, 0.2) is 54.6 Å². The molecule has 21 heavy (non-hydrogen) atoms. The van der Waals surface area contributed by atoms with Gasteiger partial charge in [-0.25, -0.2) is 4.98 Å².